The maximum atomic E-state index is 12.6. The van der Waals surface area contributed by atoms with Crippen LogP contribution in [0.25, 0.3) is 0 Å². The molecule has 0 aliphatic heterocycles. The van der Waals surface area contributed by atoms with E-state index in [2.05, 4.69) is 10.3 Å². The molecule has 0 fully saturated rings. The van der Waals surface area contributed by atoms with E-state index in [1.165, 1.54) is 18.2 Å². The van der Waals surface area contributed by atoms with Gasteiger partial charge in [-0.15, -0.1) is 11.3 Å². The van der Waals surface area contributed by atoms with Crippen LogP contribution >= 0.6 is 11.3 Å². The molecule has 0 spiro atoms. The van der Waals surface area contributed by atoms with Crippen LogP contribution in [0.1, 0.15) is 9.88 Å². The zero-order valence-electron chi connectivity index (χ0n) is 11.2. The molecule has 2 rings (SSSR count). The molecule has 8 heteroatoms. The third-order valence-electron chi connectivity index (χ3n) is 2.75. The Hall–Kier alpha value is -1.54. The maximum absolute atomic E-state index is 12.6. The standard InChI is InChI=1S/C13H14F2N2O2S2/c1-9-8-17-12(20-9)6-7-16-10-4-2-3-5-11(10)21(18,19)13(14)15/h2-5,8,13,16H,6-7H2,1H3. The van der Waals surface area contributed by atoms with Gasteiger partial charge in [-0.3, -0.25) is 0 Å². The molecule has 2 aromatic rings. The minimum Gasteiger partial charge on any atom is -0.384 e. The fraction of sp³-hybridized carbons (Fsp3) is 0.308. The Morgan fingerprint density at radius 2 is 2.05 bits per heavy atom. The van der Waals surface area contributed by atoms with Gasteiger partial charge >= 0.3 is 5.76 Å². The average Bonchev–Trinajstić information content (AvgIpc) is 2.85. The van der Waals surface area contributed by atoms with Crippen molar-refractivity contribution in [2.24, 2.45) is 0 Å². The van der Waals surface area contributed by atoms with E-state index in [1.54, 1.807) is 23.6 Å². The minimum atomic E-state index is -4.61. The van der Waals surface area contributed by atoms with Crippen LogP contribution < -0.4 is 5.32 Å². The molecule has 0 unspecified atom stereocenters. The molecule has 1 aromatic carbocycles. The average molecular weight is 332 g/mol. The second-order valence-corrected chi connectivity index (χ2v) is 7.55. The first kappa shape index (κ1) is 15.8. The monoisotopic (exact) mass is 332 g/mol. The van der Waals surface area contributed by atoms with Crippen molar-refractivity contribution in [3.05, 3.63) is 40.3 Å². The zero-order valence-corrected chi connectivity index (χ0v) is 12.8. The van der Waals surface area contributed by atoms with Crippen LogP contribution in [0, 0.1) is 6.92 Å². The number of nitrogens with zero attached hydrogens (tertiary/aromatic N) is 1. The summed E-state index contributed by atoms with van der Waals surface area (Å²) < 4.78 is 48.5. The molecule has 1 N–H and O–H groups in total. The second kappa shape index (κ2) is 6.48. The van der Waals surface area contributed by atoms with Gasteiger partial charge in [-0.05, 0) is 19.1 Å². The Bertz CT molecular complexity index is 714. The molecule has 4 nitrogen and oxygen atoms in total. The summed E-state index contributed by atoms with van der Waals surface area (Å²) >= 11 is 1.55. The van der Waals surface area contributed by atoms with E-state index in [9.17, 15) is 17.2 Å². The molecule has 0 saturated heterocycles. The molecule has 0 radical (unpaired) electrons. The van der Waals surface area contributed by atoms with Gasteiger partial charge in [-0.25, -0.2) is 13.4 Å². The molecule has 21 heavy (non-hydrogen) atoms. The smallest absolute Gasteiger partial charge is 0.341 e. The summed E-state index contributed by atoms with van der Waals surface area (Å²) in [6.07, 6.45) is 2.36. The number of rotatable bonds is 6. The number of halogens is 2. The number of aromatic nitrogens is 1. The van der Waals surface area contributed by atoms with Gasteiger partial charge in [-0.2, -0.15) is 8.78 Å². The largest absolute Gasteiger partial charge is 0.384 e. The summed E-state index contributed by atoms with van der Waals surface area (Å²) in [5, 5.41) is 3.80. The predicted octanol–water partition coefficient (Wildman–Crippen LogP) is 3.10. The zero-order chi connectivity index (χ0) is 15.5. The lowest BCUT2D eigenvalue weighted by Crippen LogP contribution is -2.15. The molecule has 0 bridgehead atoms. The number of sulfone groups is 1. The van der Waals surface area contributed by atoms with Gasteiger partial charge in [0, 0.05) is 24.0 Å². The van der Waals surface area contributed by atoms with E-state index >= 15 is 0 Å². The number of para-hydroxylation sites is 1. The van der Waals surface area contributed by atoms with E-state index in [0.717, 1.165) is 9.88 Å². The van der Waals surface area contributed by atoms with Crippen LogP contribution in [0.15, 0.2) is 35.4 Å². The van der Waals surface area contributed by atoms with Gasteiger partial charge in [0.2, 0.25) is 9.84 Å². The van der Waals surface area contributed by atoms with Crippen molar-refractivity contribution in [2.75, 3.05) is 11.9 Å². The first-order valence-corrected chi connectivity index (χ1v) is 8.54. The van der Waals surface area contributed by atoms with Crippen LogP contribution in [0.5, 0.6) is 0 Å². The second-order valence-electron chi connectivity index (χ2n) is 4.34. The summed E-state index contributed by atoms with van der Waals surface area (Å²) in [5.41, 5.74) is 0.186. The lowest BCUT2D eigenvalue weighted by Gasteiger charge is -2.11. The fourth-order valence-corrected chi connectivity index (χ4v) is 3.47. The van der Waals surface area contributed by atoms with E-state index in [4.69, 9.17) is 0 Å². The highest BCUT2D eigenvalue weighted by molar-refractivity contribution is 7.91. The predicted molar refractivity (Wildman–Crippen MR) is 78.7 cm³/mol. The summed E-state index contributed by atoms with van der Waals surface area (Å²) in [4.78, 5) is 4.90. The van der Waals surface area contributed by atoms with E-state index in [-0.39, 0.29) is 10.6 Å². The topological polar surface area (TPSA) is 59.1 Å². The first-order valence-electron chi connectivity index (χ1n) is 6.17. The van der Waals surface area contributed by atoms with Gasteiger partial charge in [0.1, 0.15) is 0 Å². The highest BCUT2D eigenvalue weighted by Crippen LogP contribution is 2.26. The van der Waals surface area contributed by atoms with Crippen LogP contribution in [-0.4, -0.2) is 25.7 Å². The highest BCUT2D eigenvalue weighted by Gasteiger charge is 2.28. The summed E-state index contributed by atoms with van der Waals surface area (Å²) in [6, 6.07) is 5.67. The molecule has 114 valence electrons. The van der Waals surface area contributed by atoms with Crippen molar-refractivity contribution in [3.63, 3.8) is 0 Å². The van der Waals surface area contributed by atoms with Gasteiger partial charge in [0.05, 0.1) is 15.6 Å². The number of hydrogen-bond acceptors (Lipinski definition) is 5. The quantitative estimate of drug-likeness (QED) is 0.883. The highest BCUT2D eigenvalue weighted by atomic mass is 32.2. The minimum absolute atomic E-state index is 0.186. The summed E-state index contributed by atoms with van der Waals surface area (Å²) in [5.74, 6) is -3.43. The Kier molecular flexibility index (Phi) is 4.89. The van der Waals surface area contributed by atoms with Gasteiger partial charge in [0.15, 0.2) is 0 Å². The lowest BCUT2D eigenvalue weighted by molar-refractivity contribution is 0.235. The van der Waals surface area contributed by atoms with Gasteiger partial charge in [0.25, 0.3) is 0 Å². The summed E-state index contributed by atoms with van der Waals surface area (Å²) in [6.45, 7) is 2.36. The maximum Gasteiger partial charge on any atom is 0.341 e. The molecule has 1 aromatic heterocycles. The number of benzene rings is 1. The fourth-order valence-electron chi connectivity index (χ4n) is 1.78. The third kappa shape index (κ3) is 3.76. The first-order chi connectivity index (χ1) is 9.91. The lowest BCUT2D eigenvalue weighted by atomic mass is 10.3. The molecule has 0 aliphatic rings. The van der Waals surface area contributed by atoms with Crippen molar-refractivity contribution in [3.8, 4) is 0 Å². The van der Waals surface area contributed by atoms with E-state index in [1.807, 2.05) is 6.92 Å². The van der Waals surface area contributed by atoms with Gasteiger partial charge < -0.3 is 5.32 Å². The number of anilines is 1. The van der Waals surface area contributed by atoms with E-state index in [0.29, 0.717) is 13.0 Å². The number of hydrogen-bond donors (Lipinski definition) is 1. The Balaban J connectivity index is 2.10. The number of alkyl halides is 2. The molecule has 0 aliphatic carbocycles. The normalized spacial score (nSPS) is 11.8. The van der Waals surface area contributed by atoms with Crippen molar-refractivity contribution in [1.82, 2.24) is 4.98 Å². The van der Waals surface area contributed by atoms with Gasteiger partial charge in [-0.1, -0.05) is 12.1 Å². The van der Waals surface area contributed by atoms with Crippen molar-refractivity contribution >= 4 is 26.9 Å². The Morgan fingerprint density at radius 1 is 1.33 bits per heavy atom. The molecule has 0 atom stereocenters. The Labute approximate surface area is 125 Å². The molecule has 1 heterocycles. The molecule has 0 amide bonds. The number of nitrogens with one attached hydrogen (secondary N) is 1. The SMILES string of the molecule is Cc1cnc(CCNc2ccccc2S(=O)(=O)C(F)F)s1. The third-order valence-corrected chi connectivity index (χ3v) is 5.16. The van der Waals surface area contributed by atoms with E-state index < -0.39 is 15.6 Å². The molecule has 0 saturated carbocycles. The van der Waals surface area contributed by atoms with Crippen LogP contribution in [0.3, 0.4) is 0 Å². The number of aryl methyl sites for hydroxylation is 1. The van der Waals surface area contributed by atoms with Crippen LogP contribution in [-0.2, 0) is 16.3 Å². The molecular weight excluding hydrogens is 318 g/mol. The molecular formula is C13H14F2N2O2S2. The van der Waals surface area contributed by atoms with Crippen molar-refractivity contribution in [1.29, 1.82) is 0 Å². The van der Waals surface area contributed by atoms with Crippen molar-refractivity contribution in [2.45, 2.75) is 24.0 Å². The van der Waals surface area contributed by atoms with Crippen LogP contribution in [0.2, 0.25) is 0 Å². The van der Waals surface area contributed by atoms with Crippen LogP contribution in [0.4, 0.5) is 14.5 Å². The van der Waals surface area contributed by atoms with Crippen molar-refractivity contribution < 1.29 is 17.2 Å². The number of thiazole rings is 1. The summed E-state index contributed by atoms with van der Waals surface area (Å²) in [7, 11) is -4.61. The Morgan fingerprint density at radius 3 is 2.67 bits per heavy atom.